The molecule has 0 N–H and O–H groups in total. The van der Waals surface area contributed by atoms with E-state index in [1.807, 2.05) is 0 Å². The summed E-state index contributed by atoms with van der Waals surface area (Å²) in [7, 11) is 0. The first-order chi connectivity index (χ1) is 6.15. The van der Waals surface area contributed by atoms with Gasteiger partial charge in [-0.15, -0.1) is 6.58 Å². The monoisotopic (exact) mass is 178 g/mol. The van der Waals surface area contributed by atoms with Gasteiger partial charge in [0.05, 0.1) is 0 Å². The average molecular weight is 178 g/mol. The Morgan fingerprint density at radius 2 is 2.31 bits per heavy atom. The predicted octanol–water partition coefficient (Wildman–Crippen LogP) is 2.96. The van der Waals surface area contributed by atoms with Crippen molar-refractivity contribution in [2.24, 2.45) is 17.3 Å². The Labute approximate surface area is 80.2 Å². The molecule has 2 fully saturated rings. The van der Waals surface area contributed by atoms with E-state index < -0.39 is 0 Å². The van der Waals surface area contributed by atoms with Crippen molar-refractivity contribution in [1.29, 1.82) is 0 Å². The summed E-state index contributed by atoms with van der Waals surface area (Å²) in [5.74, 6) is 1.68. The van der Waals surface area contributed by atoms with Crippen LogP contribution in [0, 0.1) is 17.3 Å². The van der Waals surface area contributed by atoms with Crippen LogP contribution in [-0.4, -0.2) is 5.78 Å². The van der Waals surface area contributed by atoms with E-state index in [0.717, 1.165) is 19.3 Å². The molecule has 2 aliphatic rings. The van der Waals surface area contributed by atoms with E-state index in [0.29, 0.717) is 23.0 Å². The summed E-state index contributed by atoms with van der Waals surface area (Å²) in [4.78, 5) is 11.4. The molecule has 0 amide bonds. The topological polar surface area (TPSA) is 17.1 Å². The second-order valence-electron chi connectivity index (χ2n) is 4.94. The summed E-state index contributed by atoms with van der Waals surface area (Å²) in [6.07, 6.45) is 7.35. The second kappa shape index (κ2) is 2.97. The lowest BCUT2D eigenvalue weighted by Gasteiger charge is -2.37. The van der Waals surface area contributed by atoms with E-state index >= 15 is 0 Å². The van der Waals surface area contributed by atoms with Gasteiger partial charge >= 0.3 is 0 Å². The minimum absolute atomic E-state index is 0.451. The molecule has 0 saturated heterocycles. The molecule has 0 spiro atoms. The summed E-state index contributed by atoms with van der Waals surface area (Å²) < 4.78 is 0. The zero-order valence-electron chi connectivity index (χ0n) is 8.38. The fourth-order valence-electron chi connectivity index (χ4n) is 3.16. The van der Waals surface area contributed by atoms with Crippen molar-refractivity contribution in [3.8, 4) is 0 Å². The lowest BCUT2D eigenvalue weighted by atomic mass is 9.67. The molecular weight excluding hydrogens is 160 g/mol. The molecule has 0 bridgehead atoms. The number of carbonyl (C=O) groups is 1. The Kier molecular flexibility index (Phi) is 2.05. The highest BCUT2D eigenvalue weighted by atomic mass is 16.1. The maximum absolute atomic E-state index is 11.4. The van der Waals surface area contributed by atoms with Crippen molar-refractivity contribution in [1.82, 2.24) is 0 Å². The molecule has 2 rings (SSSR count). The summed E-state index contributed by atoms with van der Waals surface area (Å²) in [6.45, 7) is 6.23. The van der Waals surface area contributed by atoms with Gasteiger partial charge in [-0.25, -0.2) is 0 Å². The fraction of sp³-hybridized carbons (Fsp3) is 0.750. The third-order valence-electron chi connectivity index (χ3n) is 4.19. The van der Waals surface area contributed by atoms with Crippen LogP contribution in [0.4, 0.5) is 0 Å². The van der Waals surface area contributed by atoms with E-state index in [1.54, 1.807) is 0 Å². The molecule has 0 aromatic rings. The lowest BCUT2D eigenvalue weighted by molar-refractivity contribution is -0.124. The molecule has 1 heteroatoms. The maximum atomic E-state index is 11.4. The van der Waals surface area contributed by atoms with Crippen LogP contribution in [-0.2, 0) is 4.79 Å². The van der Waals surface area contributed by atoms with Crippen LogP contribution in [0.3, 0.4) is 0 Å². The number of hydrogen-bond acceptors (Lipinski definition) is 1. The molecule has 3 atom stereocenters. The second-order valence-corrected chi connectivity index (χ2v) is 4.94. The highest BCUT2D eigenvalue weighted by Crippen LogP contribution is 2.54. The smallest absolute Gasteiger partial charge is 0.133 e. The predicted molar refractivity (Wildman–Crippen MR) is 53.4 cm³/mol. The number of rotatable bonds is 1. The van der Waals surface area contributed by atoms with E-state index in [9.17, 15) is 4.79 Å². The highest BCUT2D eigenvalue weighted by molar-refractivity contribution is 5.79. The van der Waals surface area contributed by atoms with Gasteiger partial charge < -0.3 is 0 Å². The normalized spacial score (nSPS) is 44.5. The Bertz CT molecular complexity index is 244. The molecule has 2 aliphatic carbocycles. The van der Waals surface area contributed by atoms with Gasteiger partial charge in [0.2, 0.25) is 0 Å². The standard InChI is InChI=1S/C12H18O/c1-3-9-4-6-12(2)7-5-10(13)8-11(9)12/h3,9,11H,1,4-8H2,2H3/t9-,11+,12+/m0/s1. The van der Waals surface area contributed by atoms with Crippen LogP contribution in [0.25, 0.3) is 0 Å². The first kappa shape index (κ1) is 8.98. The van der Waals surface area contributed by atoms with Gasteiger partial charge in [-0.3, -0.25) is 4.79 Å². The van der Waals surface area contributed by atoms with Crippen molar-refractivity contribution in [2.75, 3.05) is 0 Å². The quantitative estimate of drug-likeness (QED) is 0.564. The Hall–Kier alpha value is -0.590. The third-order valence-corrected chi connectivity index (χ3v) is 4.19. The molecule has 72 valence electrons. The first-order valence-corrected chi connectivity index (χ1v) is 5.30. The Morgan fingerprint density at radius 1 is 1.54 bits per heavy atom. The third kappa shape index (κ3) is 1.34. The molecule has 0 aliphatic heterocycles. The average Bonchev–Trinajstić information content (AvgIpc) is 2.43. The van der Waals surface area contributed by atoms with Crippen molar-refractivity contribution < 1.29 is 4.79 Å². The zero-order chi connectivity index (χ0) is 9.47. The van der Waals surface area contributed by atoms with Gasteiger partial charge in [0, 0.05) is 12.8 Å². The molecule has 1 nitrogen and oxygen atoms in total. The summed E-state index contributed by atoms with van der Waals surface area (Å²) in [5.41, 5.74) is 0.451. The maximum Gasteiger partial charge on any atom is 0.133 e. The van der Waals surface area contributed by atoms with Crippen molar-refractivity contribution in [2.45, 2.75) is 39.0 Å². The molecule has 0 aromatic heterocycles. The van der Waals surface area contributed by atoms with Crippen LogP contribution in [0.2, 0.25) is 0 Å². The van der Waals surface area contributed by atoms with Gasteiger partial charge in [0.15, 0.2) is 0 Å². The largest absolute Gasteiger partial charge is 0.300 e. The molecule has 13 heavy (non-hydrogen) atoms. The first-order valence-electron chi connectivity index (χ1n) is 5.30. The van der Waals surface area contributed by atoms with Crippen LogP contribution in [0.5, 0.6) is 0 Å². The molecule has 0 aromatic carbocycles. The minimum atomic E-state index is 0.451. The van der Waals surface area contributed by atoms with Crippen LogP contribution in [0.1, 0.15) is 39.0 Å². The van der Waals surface area contributed by atoms with Crippen molar-refractivity contribution >= 4 is 5.78 Å². The Balaban J connectivity index is 2.20. The van der Waals surface area contributed by atoms with E-state index in [-0.39, 0.29) is 0 Å². The summed E-state index contributed by atoms with van der Waals surface area (Å²) in [6, 6.07) is 0. The van der Waals surface area contributed by atoms with Crippen molar-refractivity contribution in [3.63, 3.8) is 0 Å². The van der Waals surface area contributed by atoms with Crippen LogP contribution in [0.15, 0.2) is 12.7 Å². The van der Waals surface area contributed by atoms with E-state index in [2.05, 4.69) is 19.6 Å². The number of ketones is 1. The van der Waals surface area contributed by atoms with E-state index in [1.165, 1.54) is 12.8 Å². The van der Waals surface area contributed by atoms with Gasteiger partial charge in [-0.05, 0) is 36.5 Å². The van der Waals surface area contributed by atoms with Gasteiger partial charge in [-0.1, -0.05) is 13.0 Å². The van der Waals surface area contributed by atoms with E-state index in [4.69, 9.17) is 0 Å². The summed E-state index contributed by atoms with van der Waals surface area (Å²) >= 11 is 0. The fourth-order valence-corrected chi connectivity index (χ4v) is 3.16. The van der Waals surface area contributed by atoms with Gasteiger partial charge in [-0.2, -0.15) is 0 Å². The SMILES string of the molecule is C=C[C@H]1CC[C@]2(C)CCC(=O)C[C@H]12. The number of hydrogen-bond donors (Lipinski definition) is 0. The molecule has 0 radical (unpaired) electrons. The van der Waals surface area contributed by atoms with Crippen LogP contribution < -0.4 is 0 Å². The number of fused-ring (bicyclic) bond motifs is 1. The molecule has 0 unspecified atom stereocenters. The molecule has 0 heterocycles. The molecular formula is C12H18O. The van der Waals surface area contributed by atoms with Crippen LogP contribution >= 0.6 is 0 Å². The zero-order valence-corrected chi connectivity index (χ0v) is 8.38. The summed E-state index contributed by atoms with van der Waals surface area (Å²) in [5, 5.41) is 0. The number of allylic oxidation sites excluding steroid dienone is 1. The minimum Gasteiger partial charge on any atom is -0.300 e. The lowest BCUT2D eigenvalue weighted by Crippen LogP contribution is -2.32. The number of carbonyl (C=O) groups excluding carboxylic acids is 1. The van der Waals surface area contributed by atoms with Gasteiger partial charge in [0.1, 0.15) is 5.78 Å². The van der Waals surface area contributed by atoms with Crippen molar-refractivity contribution in [3.05, 3.63) is 12.7 Å². The van der Waals surface area contributed by atoms with Gasteiger partial charge in [0.25, 0.3) is 0 Å². The highest BCUT2D eigenvalue weighted by Gasteiger charge is 2.46. The molecule has 2 saturated carbocycles. The number of Topliss-reactive ketones (excluding diaryl/α,β-unsaturated/α-hetero) is 1. The Morgan fingerprint density at radius 3 is 3.00 bits per heavy atom.